The third kappa shape index (κ3) is 2.09. The Labute approximate surface area is 131 Å². The quantitative estimate of drug-likeness (QED) is 0.824. The summed E-state index contributed by atoms with van der Waals surface area (Å²) in [7, 11) is 0. The molecule has 7 heteroatoms. The highest BCUT2D eigenvalue weighted by molar-refractivity contribution is 6.12. The van der Waals surface area contributed by atoms with Crippen molar-refractivity contribution in [1.29, 1.82) is 0 Å². The Morgan fingerprint density at radius 3 is 2.57 bits per heavy atom. The SMILES string of the molecule is O=C1CC(N2C(=O)COc3c2ccn3-c2ccccc2)C(=O)N1. The number of rotatable bonds is 2. The number of fused-ring (bicyclic) bond motifs is 1. The number of benzene rings is 1. The molecule has 0 bridgehead atoms. The predicted octanol–water partition coefficient (Wildman–Crippen LogP) is 0.618. The van der Waals surface area contributed by atoms with Crippen LogP contribution in [0.1, 0.15) is 6.42 Å². The molecule has 1 unspecified atom stereocenters. The monoisotopic (exact) mass is 311 g/mol. The molecule has 4 rings (SSSR count). The van der Waals surface area contributed by atoms with Crippen LogP contribution >= 0.6 is 0 Å². The van der Waals surface area contributed by atoms with Gasteiger partial charge < -0.3 is 4.74 Å². The average molecular weight is 311 g/mol. The second-order valence-corrected chi connectivity index (χ2v) is 5.40. The molecule has 1 N–H and O–H groups in total. The standard InChI is InChI=1S/C16H13N3O4/c20-13-8-12(15(22)17-13)19-11-6-7-18(10-4-2-1-3-5-10)16(11)23-9-14(19)21/h1-7,12H,8-9H2,(H,17,20,22). The van der Waals surface area contributed by atoms with Crippen molar-refractivity contribution in [3.8, 4) is 11.6 Å². The summed E-state index contributed by atoms with van der Waals surface area (Å²) in [5, 5.41) is 2.23. The maximum absolute atomic E-state index is 12.2. The largest absolute Gasteiger partial charge is 0.467 e. The number of carbonyl (C=O) groups is 3. The summed E-state index contributed by atoms with van der Waals surface area (Å²) in [4.78, 5) is 37.0. The van der Waals surface area contributed by atoms with E-state index < -0.39 is 11.9 Å². The topological polar surface area (TPSA) is 80.6 Å². The number of hydrogen-bond acceptors (Lipinski definition) is 4. The number of ether oxygens (including phenoxy) is 1. The van der Waals surface area contributed by atoms with Crippen LogP contribution in [0.15, 0.2) is 42.6 Å². The van der Waals surface area contributed by atoms with E-state index >= 15 is 0 Å². The van der Waals surface area contributed by atoms with Crippen molar-refractivity contribution < 1.29 is 19.1 Å². The molecule has 0 radical (unpaired) electrons. The van der Waals surface area contributed by atoms with Crippen LogP contribution in [0.5, 0.6) is 5.88 Å². The van der Waals surface area contributed by atoms with E-state index in [9.17, 15) is 14.4 Å². The van der Waals surface area contributed by atoms with Crippen LogP contribution in [0, 0.1) is 0 Å². The first-order valence-corrected chi connectivity index (χ1v) is 7.20. The van der Waals surface area contributed by atoms with Crippen molar-refractivity contribution in [3.63, 3.8) is 0 Å². The van der Waals surface area contributed by atoms with Gasteiger partial charge in [-0.3, -0.25) is 29.2 Å². The number of carbonyl (C=O) groups excluding carboxylic acids is 3. The Hall–Kier alpha value is -3.09. The van der Waals surface area contributed by atoms with Gasteiger partial charge in [0, 0.05) is 11.9 Å². The van der Waals surface area contributed by atoms with E-state index in [1.54, 1.807) is 12.3 Å². The highest BCUT2D eigenvalue weighted by Gasteiger charge is 2.42. The van der Waals surface area contributed by atoms with E-state index in [4.69, 9.17) is 4.74 Å². The van der Waals surface area contributed by atoms with Crippen LogP contribution < -0.4 is 15.0 Å². The van der Waals surface area contributed by atoms with Crippen LogP contribution in [0.2, 0.25) is 0 Å². The van der Waals surface area contributed by atoms with Gasteiger partial charge in [-0.25, -0.2) is 0 Å². The molecule has 0 spiro atoms. The lowest BCUT2D eigenvalue weighted by Crippen LogP contribution is -2.48. The van der Waals surface area contributed by atoms with Gasteiger partial charge in [0.25, 0.3) is 5.91 Å². The zero-order valence-electron chi connectivity index (χ0n) is 12.1. The number of aromatic nitrogens is 1. The van der Waals surface area contributed by atoms with Crippen LogP contribution in [-0.2, 0) is 14.4 Å². The number of hydrogen-bond donors (Lipinski definition) is 1. The maximum atomic E-state index is 12.2. The number of nitrogens with zero attached hydrogens (tertiary/aromatic N) is 2. The molecule has 23 heavy (non-hydrogen) atoms. The van der Waals surface area contributed by atoms with Gasteiger partial charge in [0.1, 0.15) is 11.7 Å². The van der Waals surface area contributed by atoms with Gasteiger partial charge in [-0.05, 0) is 18.2 Å². The van der Waals surface area contributed by atoms with E-state index in [1.807, 2.05) is 34.9 Å². The van der Waals surface area contributed by atoms with E-state index in [1.165, 1.54) is 4.90 Å². The van der Waals surface area contributed by atoms with Gasteiger partial charge in [-0.2, -0.15) is 0 Å². The predicted molar refractivity (Wildman–Crippen MR) is 80.3 cm³/mol. The van der Waals surface area contributed by atoms with Crippen molar-refractivity contribution in [2.75, 3.05) is 11.5 Å². The van der Waals surface area contributed by atoms with Gasteiger partial charge in [-0.15, -0.1) is 0 Å². The zero-order valence-corrected chi connectivity index (χ0v) is 12.1. The lowest BCUT2D eigenvalue weighted by molar-refractivity contribution is -0.127. The maximum Gasteiger partial charge on any atom is 0.265 e. The van der Waals surface area contributed by atoms with Crippen LogP contribution in [0.25, 0.3) is 5.69 Å². The summed E-state index contributed by atoms with van der Waals surface area (Å²) in [6.45, 7) is -0.165. The lowest BCUT2D eigenvalue weighted by atomic mass is 10.1. The van der Waals surface area contributed by atoms with Crippen molar-refractivity contribution in [1.82, 2.24) is 9.88 Å². The molecule has 116 valence electrons. The Balaban J connectivity index is 1.78. The first kappa shape index (κ1) is 13.6. The first-order chi connectivity index (χ1) is 11.1. The van der Waals surface area contributed by atoms with Gasteiger partial charge in [0.2, 0.25) is 17.7 Å². The van der Waals surface area contributed by atoms with E-state index in [2.05, 4.69) is 5.32 Å². The Morgan fingerprint density at radius 1 is 1.09 bits per heavy atom. The summed E-state index contributed by atoms with van der Waals surface area (Å²) in [6.07, 6.45) is 1.75. The Bertz CT molecular complexity index is 812. The Kier molecular flexibility index (Phi) is 2.94. The Morgan fingerprint density at radius 2 is 1.87 bits per heavy atom. The van der Waals surface area contributed by atoms with E-state index in [0.717, 1.165) is 5.69 Å². The van der Waals surface area contributed by atoms with Crippen LogP contribution in [-0.4, -0.2) is 34.9 Å². The number of nitrogens with one attached hydrogen (secondary N) is 1. The molecule has 2 aliphatic heterocycles. The molecule has 1 atom stereocenters. The smallest absolute Gasteiger partial charge is 0.265 e. The minimum atomic E-state index is -0.815. The van der Waals surface area contributed by atoms with Crippen LogP contribution in [0.3, 0.4) is 0 Å². The number of imide groups is 1. The van der Waals surface area contributed by atoms with Gasteiger partial charge in [0.05, 0.1) is 6.42 Å². The molecule has 1 aromatic heterocycles. The molecule has 1 fully saturated rings. The minimum Gasteiger partial charge on any atom is -0.467 e. The van der Waals surface area contributed by atoms with Crippen molar-refractivity contribution >= 4 is 23.4 Å². The van der Waals surface area contributed by atoms with Gasteiger partial charge in [-0.1, -0.05) is 18.2 Å². The average Bonchev–Trinajstić information content (AvgIpc) is 3.11. The highest BCUT2D eigenvalue weighted by Crippen LogP contribution is 2.37. The lowest BCUT2D eigenvalue weighted by Gasteiger charge is -2.30. The van der Waals surface area contributed by atoms with E-state index in [0.29, 0.717) is 11.6 Å². The summed E-state index contributed by atoms with van der Waals surface area (Å²) >= 11 is 0. The van der Waals surface area contributed by atoms with Crippen LogP contribution in [0.4, 0.5) is 5.69 Å². The normalized spacial score (nSPS) is 20.3. The van der Waals surface area contributed by atoms with Crippen molar-refractivity contribution in [2.45, 2.75) is 12.5 Å². The number of anilines is 1. The molecule has 1 saturated heterocycles. The molecule has 0 saturated carbocycles. The molecule has 2 aliphatic rings. The third-order valence-corrected chi connectivity index (χ3v) is 3.97. The second-order valence-electron chi connectivity index (χ2n) is 5.40. The molecule has 7 nitrogen and oxygen atoms in total. The first-order valence-electron chi connectivity index (χ1n) is 7.20. The fourth-order valence-electron chi connectivity index (χ4n) is 2.95. The number of para-hydroxylation sites is 1. The third-order valence-electron chi connectivity index (χ3n) is 3.97. The number of amides is 3. The fourth-order valence-corrected chi connectivity index (χ4v) is 2.95. The molecule has 0 aliphatic carbocycles. The highest BCUT2D eigenvalue weighted by atomic mass is 16.5. The molecule has 1 aromatic carbocycles. The summed E-state index contributed by atoms with van der Waals surface area (Å²) < 4.78 is 7.38. The minimum absolute atomic E-state index is 0.0273. The molecule has 3 heterocycles. The summed E-state index contributed by atoms with van der Waals surface area (Å²) in [5.41, 5.74) is 1.38. The zero-order chi connectivity index (χ0) is 16.0. The molecular weight excluding hydrogens is 298 g/mol. The summed E-state index contributed by atoms with van der Waals surface area (Å²) in [6, 6.07) is 10.4. The van der Waals surface area contributed by atoms with Gasteiger partial charge >= 0.3 is 0 Å². The fraction of sp³-hybridized carbons (Fsp3) is 0.188. The van der Waals surface area contributed by atoms with Crippen molar-refractivity contribution in [3.05, 3.63) is 42.6 Å². The molecular formula is C16H13N3O4. The van der Waals surface area contributed by atoms with Gasteiger partial charge in [0.15, 0.2) is 6.61 Å². The molecule has 2 aromatic rings. The summed E-state index contributed by atoms with van der Waals surface area (Å²) in [5.74, 6) is -0.673. The van der Waals surface area contributed by atoms with E-state index in [-0.39, 0.29) is 24.8 Å². The molecule has 3 amide bonds. The van der Waals surface area contributed by atoms with Crippen molar-refractivity contribution in [2.24, 2.45) is 0 Å². The second kappa shape index (κ2) is 4.98.